The summed E-state index contributed by atoms with van der Waals surface area (Å²) >= 11 is 1.55. The highest BCUT2D eigenvalue weighted by Crippen LogP contribution is 2.30. The molecule has 0 spiro atoms. The molecule has 1 amide bonds. The van der Waals surface area contributed by atoms with E-state index in [0.29, 0.717) is 43.7 Å². The number of benzene rings is 3. The van der Waals surface area contributed by atoms with Crippen LogP contribution in [0.2, 0.25) is 0 Å². The lowest BCUT2D eigenvalue weighted by Crippen LogP contribution is -2.47. The molecule has 0 atom stereocenters. The van der Waals surface area contributed by atoms with Crippen molar-refractivity contribution >= 4 is 23.3 Å². The lowest BCUT2D eigenvalue weighted by Gasteiger charge is -2.34. The smallest absolute Gasteiger partial charge is 0.246 e. The molecular weight excluding hydrogens is 640 g/mol. The van der Waals surface area contributed by atoms with Gasteiger partial charge in [-0.25, -0.2) is 9.37 Å². The van der Waals surface area contributed by atoms with Crippen molar-refractivity contribution in [1.82, 2.24) is 19.8 Å². The number of piperazine rings is 1. The average Bonchev–Trinajstić information content (AvgIpc) is 3.64. The number of rotatable bonds is 13. The standard InChI is InChI=1S/C39H39FN4O4S/c1-28-21-32(22-29(2)39(28)48-37-13-12-35(23-42-37)47-26-36-24-41-27-49-36)7-14-38(45)44-18-16-43(17-19-44)25-31-5-3-30(4-6-31)15-20-46-34-10-8-33(40)9-11-34/h3-14,21-24,27H,15-20,25-26H2,1-2H3/b14-7+. The van der Waals surface area contributed by atoms with Crippen LogP contribution in [0, 0.1) is 19.7 Å². The van der Waals surface area contributed by atoms with Gasteiger partial charge in [-0.2, -0.15) is 0 Å². The minimum atomic E-state index is -0.268. The Hall–Kier alpha value is -5.06. The van der Waals surface area contributed by atoms with Gasteiger partial charge in [0.2, 0.25) is 11.8 Å². The van der Waals surface area contributed by atoms with E-state index in [4.69, 9.17) is 14.2 Å². The Balaban J connectivity index is 0.933. The van der Waals surface area contributed by atoms with Gasteiger partial charge in [0, 0.05) is 57.5 Å². The molecule has 2 aromatic heterocycles. The van der Waals surface area contributed by atoms with Crippen LogP contribution in [0.3, 0.4) is 0 Å². The average molecular weight is 679 g/mol. The summed E-state index contributed by atoms with van der Waals surface area (Å²) in [6, 6.07) is 22.3. The number of pyridine rings is 1. The van der Waals surface area contributed by atoms with Gasteiger partial charge in [0.1, 0.15) is 29.7 Å². The van der Waals surface area contributed by atoms with E-state index in [1.807, 2.05) is 43.0 Å². The van der Waals surface area contributed by atoms with Gasteiger partial charge in [-0.3, -0.25) is 14.7 Å². The molecule has 1 aliphatic rings. The summed E-state index contributed by atoms with van der Waals surface area (Å²) in [7, 11) is 0. The van der Waals surface area contributed by atoms with Gasteiger partial charge in [-0.05, 0) is 90.2 Å². The summed E-state index contributed by atoms with van der Waals surface area (Å²) in [5, 5.41) is 0. The second-order valence-corrected chi connectivity index (χ2v) is 12.9. The number of ether oxygens (including phenoxy) is 3. The molecule has 49 heavy (non-hydrogen) atoms. The second kappa shape index (κ2) is 16.4. The molecule has 10 heteroatoms. The van der Waals surface area contributed by atoms with Crippen LogP contribution >= 0.6 is 11.3 Å². The topological polar surface area (TPSA) is 77.0 Å². The monoisotopic (exact) mass is 678 g/mol. The molecule has 0 bridgehead atoms. The van der Waals surface area contributed by atoms with Crippen LogP contribution in [0.4, 0.5) is 4.39 Å². The summed E-state index contributed by atoms with van der Waals surface area (Å²) in [4.78, 5) is 26.8. The number of aryl methyl sites for hydroxylation is 2. The van der Waals surface area contributed by atoms with Crippen LogP contribution in [-0.2, 0) is 24.4 Å². The summed E-state index contributed by atoms with van der Waals surface area (Å²) in [6.07, 6.45) is 7.76. The third-order valence-electron chi connectivity index (χ3n) is 8.27. The van der Waals surface area contributed by atoms with E-state index in [2.05, 4.69) is 39.1 Å². The van der Waals surface area contributed by atoms with E-state index in [9.17, 15) is 9.18 Å². The number of hydrogen-bond acceptors (Lipinski definition) is 8. The molecule has 8 nitrogen and oxygen atoms in total. The largest absolute Gasteiger partial charge is 0.493 e. The summed E-state index contributed by atoms with van der Waals surface area (Å²) in [5.74, 6) is 2.31. The number of carbonyl (C=O) groups is 1. The van der Waals surface area contributed by atoms with Gasteiger partial charge >= 0.3 is 0 Å². The van der Waals surface area contributed by atoms with Crippen LogP contribution in [0.25, 0.3) is 6.08 Å². The molecule has 0 radical (unpaired) electrons. The van der Waals surface area contributed by atoms with Crippen molar-refractivity contribution in [2.45, 2.75) is 33.4 Å². The van der Waals surface area contributed by atoms with Crippen LogP contribution in [0.5, 0.6) is 23.1 Å². The molecule has 5 aromatic rings. The van der Waals surface area contributed by atoms with Crippen molar-refractivity contribution < 1.29 is 23.4 Å². The van der Waals surface area contributed by atoms with E-state index in [1.54, 1.807) is 53.5 Å². The highest BCUT2D eigenvalue weighted by atomic mass is 32.1. The van der Waals surface area contributed by atoms with Crippen LogP contribution in [-0.4, -0.2) is 58.5 Å². The second-order valence-electron chi connectivity index (χ2n) is 12.0. The van der Waals surface area contributed by atoms with Crippen molar-refractivity contribution in [1.29, 1.82) is 0 Å². The first-order chi connectivity index (χ1) is 23.9. The number of carbonyl (C=O) groups excluding carboxylic acids is 1. The number of nitrogens with zero attached hydrogens (tertiary/aromatic N) is 4. The lowest BCUT2D eigenvalue weighted by molar-refractivity contribution is -0.127. The lowest BCUT2D eigenvalue weighted by atomic mass is 10.1. The maximum absolute atomic E-state index is 13.1. The van der Waals surface area contributed by atoms with Gasteiger partial charge in [-0.1, -0.05) is 24.3 Å². The fraction of sp³-hybridized carbons (Fsp3) is 0.256. The van der Waals surface area contributed by atoms with E-state index in [-0.39, 0.29) is 11.7 Å². The van der Waals surface area contributed by atoms with Crippen molar-refractivity contribution in [3.63, 3.8) is 0 Å². The minimum Gasteiger partial charge on any atom is -0.493 e. The molecule has 3 aromatic carbocycles. The molecule has 1 fully saturated rings. The number of hydrogen-bond donors (Lipinski definition) is 0. The molecule has 0 N–H and O–H groups in total. The maximum atomic E-state index is 13.1. The van der Waals surface area contributed by atoms with E-state index < -0.39 is 0 Å². The van der Waals surface area contributed by atoms with Crippen LogP contribution in [0.15, 0.2) is 96.8 Å². The Morgan fingerprint density at radius 1 is 0.878 bits per heavy atom. The van der Waals surface area contributed by atoms with Crippen LogP contribution in [0.1, 0.15) is 32.7 Å². The Morgan fingerprint density at radius 3 is 2.27 bits per heavy atom. The van der Waals surface area contributed by atoms with Crippen LogP contribution < -0.4 is 14.2 Å². The van der Waals surface area contributed by atoms with E-state index >= 15 is 0 Å². The normalized spacial score (nSPS) is 13.5. The Labute approximate surface area is 290 Å². The molecule has 3 heterocycles. The first-order valence-electron chi connectivity index (χ1n) is 16.3. The Bertz CT molecular complexity index is 1820. The Kier molecular flexibility index (Phi) is 11.3. The highest BCUT2D eigenvalue weighted by Gasteiger charge is 2.20. The maximum Gasteiger partial charge on any atom is 0.246 e. The van der Waals surface area contributed by atoms with E-state index in [0.717, 1.165) is 53.4 Å². The predicted molar refractivity (Wildman–Crippen MR) is 190 cm³/mol. The number of halogens is 1. The number of aromatic nitrogens is 2. The van der Waals surface area contributed by atoms with E-state index in [1.165, 1.54) is 23.3 Å². The highest BCUT2D eigenvalue weighted by molar-refractivity contribution is 7.09. The summed E-state index contributed by atoms with van der Waals surface area (Å²) in [6.45, 7) is 8.84. The molecule has 252 valence electrons. The number of amides is 1. The fourth-order valence-corrected chi connectivity index (χ4v) is 6.12. The van der Waals surface area contributed by atoms with Crippen molar-refractivity contribution in [2.24, 2.45) is 0 Å². The zero-order chi connectivity index (χ0) is 34.0. The van der Waals surface area contributed by atoms with Crippen molar-refractivity contribution in [3.8, 4) is 23.1 Å². The van der Waals surface area contributed by atoms with Crippen molar-refractivity contribution in [2.75, 3.05) is 32.8 Å². The van der Waals surface area contributed by atoms with Gasteiger partial charge in [-0.15, -0.1) is 11.3 Å². The van der Waals surface area contributed by atoms with Gasteiger partial charge in [0.25, 0.3) is 0 Å². The van der Waals surface area contributed by atoms with Crippen molar-refractivity contribution in [3.05, 3.63) is 135 Å². The number of thiazole rings is 1. The van der Waals surface area contributed by atoms with Gasteiger partial charge in [0.15, 0.2) is 0 Å². The molecule has 0 saturated carbocycles. The Morgan fingerprint density at radius 2 is 1.59 bits per heavy atom. The molecular formula is C39H39FN4O4S. The molecule has 1 saturated heterocycles. The predicted octanol–water partition coefficient (Wildman–Crippen LogP) is 7.64. The quantitative estimate of drug-likeness (QED) is 0.119. The SMILES string of the molecule is Cc1cc(/C=C/C(=O)N2CCN(Cc3ccc(CCOc4ccc(F)cc4)cc3)CC2)cc(C)c1Oc1ccc(OCc2cncs2)cn1. The zero-order valence-corrected chi connectivity index (χ0v) is 28.5. The molecule has 0 aliphatic carbocycles. The van der Waals surface area contributed by atoms with Gasteiger partial charge in [0.05, 0.1) is 23.2 Å². The third kappa shape index (κ3) is 9.74. The fourth-order valence-electron chi connectivity index (χ4n) is 5.61. The minimum absolute atomic E-state index is 0.0179. The van der Waals surface area contributed by atoms with Gasteiger partial charge < -0.3 is 19.1 Å². The summed E-state index contributed by atoms with van der Waals surface area (Å²) in [5.41, 5.74) is 7.07. The third-order valence-corrected chi connectivity index (χ3v) is 9.02. The first-order valence-corrected chi connectivity index (χ1v) is 17.2. The molecule has 1 aliphatic heterocycles. The zero-order valence-electron chi connectivity index (χ0n) is 27.7. The molecule has 6 rings (SSSR count). The first kappa shape index (κ1) is 33.8. The molecule has 0 unspecified atom stereocenters. The summed E-state index contributed by atoms with van der Waals surface area (Å²) < 4.78 is 30.7.